The maximum absolute atomic E-state index is 11.6. The van der Waals surface area contributed by atoms with Gasteiger partial charge in [0.2, 0.25) is 0 Å². The molecular weight excluding hydrogens is 358 g/mol. The Bertz CT molecular complexity index is 633. The summed E-state index contributed by atoms with van der Waals surface area (Å²) in [6, 6.07) is 5.49. The number of thioether (sulfide) groups is 1. The van der Waals surface area contributed by atoms with E-state index in [2.05, 4.69) is 41.6 Å². The van der Waals surface area contributed by atoms with Crippen molar-refractivity contribution in [2.24, 2.45) is 5.10 Å². The fourth-order valence-electron chi connectivity index (χ4n) is 1.37. The van der Waals surface area contributed by atoms with E-state index in [-0.39, 0.29) is 11.7 Å². The van der Waals surface area contributed by atoms with Crippen LogP contribution in [0.4, 0.5) is 0 Å². The molecule has 1 amide bonds. The number of hydrogen-bond donors (Lipinski definition) is 2. The molecule has 1 aromatic carbocycles. The molecule has 0 aliphatic rings. The second-order valence-electron chi connectivity index (χ2n) is 3.77. The zero-order valence-corrected chi connectivity index (χ0v) is 13.4. The third kappa shape index (κ3) is 4.87. The topological polar surface area (TPSA) is 92.3 Å². The maximum Gasteiger partial charge on any atom is 0.250 e. The summed E-state index contributed by atoms with van der Waals surface area (Å²) in [6.45, 7) is 0. The molecule has 0 aliphatic heterocycles. The normalized spacial score (nSPS) is 10.8. The minimum Gasteiger partial charge on any atom is -0.496 e. The van der Waals surface area contributed by atoms with Gasteiger partial charge in [-0.2, -0.15) is 10.2 Å². The Balaban J connectivity index is 1.81. The Morgan fingerprint density at radius 1 is 1.62 bits per heavy atom. The molecule has 7 nitrogen and oxygen atoms in total. The van der Waals surface area contributed by atoms with Crippen molar-refractivity contribution in [3.05, 3.63) is 34.6 Å². The van der Waals surface area contributed by atoms with Crippen molar-refractivity contribution in [2.45, 2.75) is 5.16 Å². The molecule has 0 fully saturated rings. The molecule has 0 aliphatic carbocycles. The largest absolute Gasteiger partial charge is 0.496 e. The number of carbonyl (C=O) groups excluding carboxylic acids is 1. The molecule has 2 N–H and O–H groups in total. The average molecular weight is 370 g/mol. The van der Waals surface area contributed by atoms with Crippen LogP contribution in [0.2, 0.25) is 0 Å². The Labute approximate surface area is 133 Å². The number of methoxy groups -OCH3 is 1. The molecule has 1 aromatic heterocycles. The van der Waals surface area contributed by atoms with Crippen LogP contribution in [0, 0.1) is 0 Å². The SMILES string of the molecule is COc1ccc(C=NNC(=O)CSc2ncn[nH]2)cc1Br. The highest BCUT2D eigenvalue weighted by Gasteiger charge is 2.03. The lowest BCUT2D eigenvalue weighted by atomic mass is 10.2. The van der Waals surface area contributed by atoms with Crippen LogP contribution < -0.4 is 10.2 Å². The highest BCUT2D eigenvalue weighted by Crippen LogP contribution is 2.24. The summed E-state index contributed by atoms with van der Waals surface area (Å²) in [5, 5.41) is 10.8. The number of ether oxygens (including phenoxy) is 1. The number of nitrogens with zero attached hydrogens (tertiary/aromatic N) is 3. The van der Waals surface area contributed by atoms with E-state index < -0.39 is 0 Å². The second-order valence-corrected chi connectivity index (χ2v) is 5.58. The van der Waals surface area contributed by atoms with Crippen molar-refractivity contribution >= 4 is 39.8 Å². The van der Waals surface area contributed by atoms with E-state index in [0.29, 0.717) is 5.16 Å². The van der Waals surface area contributed by atoms with Crippen molar-refractivity contribution in [1.29, 1.82) is 0 Å². The van der Waals surface area contributed by atoms with Gasteiger partial charge >= 0.3 is 0 Å². The number of aromatic nitrogens is 3. The molecule has 0 saturated carbocycles. The highest BCUT2D eigenvalue weighted by molar-refractivity contribution is 9.10. The fourth-order valence-corrected chi connectivity index (χ4v) is 2.50. The van der Waals surface area contributed by atoms with Crippen LogP contribution >= 0.6 is 27.7 Å². The van der Waals surface area contributed by atoms with Crippen LogP contribution in [0.1, 0.15) is 5.56 Å². The first kappa shape index (κ1) is 15.5. The van der Waals surface area contributed by atoms with Gasteiger partial charge in [-0.1, -0.05) is 11.8 Å². The van der Waals surface area contributed by atoms with Crippen LogP contribution in [0.5, 0.6) is 5.75 Å². The van der Waals surface area contributed by atoms with Gasteiger partial charge in [0.15, 0.2) is 5.16 Å². The minimum atomic E-state index is -0.222. The molecule has 9 heteroatoms. The van der Waals surface area contributed by atoms with E-state index in [4.69, 9.17) is 4.74 Å². The quantitative estimate of drug-likeness (QED) is 0.460. The van der Waals surface area contributed by atoms with Crippen molar-refractivity contribution in [1.82, 2.24) is 20.6 Å². The molecule has 1 heterocycles. The first-order chi connectivity index (χ1) is 10.2. The van der Waals surface area contributed by atoms with Gasteiger partial charge in [-0.3, -0.25) is 9.89 Å². The van der Waals surface area contributed by atoms with E-state index in [0.717, 1.165) is 15.8 Å². The number of rotatable bonds is 6. The van der Waals surface area contributed by atoms with Crippen molar-refractivity contribution in [3.63, 3.8) is 0 Å². The zero-order chi connectivity index (χ0) is 15.1. The molecule has 21 heavy (non-hydrogen) atoms. The predicted octanol–water partition coefficient (Wildman–Crippen LogP) is 1.82. The van der Waals surface area contributed by atoms with Gasteiger partial charge < -0.3 is 4.74 Å². The average Bonchev–Trinajstić information content (AvgIpc) is 2.99. The van der Waals surface area contributed by atoms with E-state index in [1.807, 2.05) is 18.2 Å². The number of carbonyl (C=O) groups is 1. The van der Waals surface area contributed by atoms with Crippen LogP contribution in [0.15, 0.2) is 39.3 Å². The summed E-state index contributed by atoms with van der Waals surface area (Å²) in [4.78, 5) is 15.5. The minimum absolute atomic E-state index is 0.207. The fraction of sp³-hybridized carbons (Fsp3) is 0.167. The lowest BCUT2D eigenvalue weighted by molar-refractivity contribution is -0.118. The number of H-pyrrole nitrogens is 1. The maximum atomic E-state index is 11.6. The number of benzene rings is 1. The molecule has 0 radical (unpaired) electrons. The molecule has 2 aromatic rings. The zero-order valence-electron chi connectivity index (χ0n) is 11.0. The Hall–Kier alpha value is -1.87. The smallest absolute Gasteiger partial charge is 0.250 e. The molecular formula is C12H12BrN5O2S. The van der Waals surface area contributed by atoms with Crippen molar-refractivity contribution in [2.75, 3.05) is 12.9 Å². The van der Waals surface area contributed by atoms with Gasteiger partial charge in [0, 0.05) is 0 Å². The Morgan fingerprint density at radius 3 is 3.14 bits per heavy atom. The van der Waals surface area contributed by atoms with Crippen molar-refractivity contribution in [3.8, 4) is 5.75 Å². The monoisotopic (exact) mass is 369 g/mol. The second kappa shape index (κ2) is 7.79. The summed E-state index contributed by atoms with van der Waals surface area (Å²) in [5.74, 6) is 0.721. The summed E-state index contributed by atoms with van der Waals surface area (Å²) in [5.41, 5.74) is 3.28. The number of aromatic amines is 1. The molecule has 0 unspecified atom stereocenters. The molecule has 0 bridgehead atoms. The van der Waals surface area contributed by atoms with Crippen LogP contribution in [-0.2, 0) is 4.79 Å². The summed E-state index contributed by atoms with van der Waals surface area (Å²) < 4.78 is 5.95. The van der Waals surface area contributed by atoms with Gasteiger partial charge in [0.1, 0.15) is 12.1 Å². The molecule has 0 spiro atoms. The number of halogens is 1. The van der Waals surface area contributed by atoms with Gasteiger partial charge in [0.05, 0.1) is 23.5 Å². The van der Waals surface area contributed by atoms with E-state index in [1.54, 1.807) is 13.3 Å². The predicted molar refractivity (Wildman–Crippen MR) is 83.5 cm³/mol. The number of hydrazone groups is 1. The lowest BCUT2D eigenvalue weighted by Gasteiger charge is -2.03. The summed E-state index contributed by atoms with van der Waals surface area (Å²) >= 11 is 4.63. The van der Waals surface area contributed by atoms with E-state index in [1.165, 1.54) is 18.1 Å². The van der Waals surface area contributed by atoms with Gasteiger partial charge in [-0.25, -0.2) is 10.4 Å². The standard InChI is InChI=1S/C12H12BrN5O2S/c1-20-10-3-2-8(4-9(10)13)5-15-17-11(19)6-21-12-14-7-16-18-12/h2-5,7H,6H2,1H3,(H,17,19)(H,14,16,18). The third-order valence-electron chi connectivity index (χ3n) is 2.31. The molecule has 2 rings (SSSR count). The number of nitrogens with one attached hydrogen (secondary N) is 2. The lowest BCUT2D eigenvalue weighted by Crippen LogP contribution is -2.19. The number of hydrogen-bond acceptors (Lipinski definition) is 6. The first-order valence-corrected chi connectivity index (χ1v) is 7.60. The Kier molecular flexibility index (Phi) is 5.76. The van der Waals surface area contributed by atoms with Gasteiger partial charge in [-0.05, 0) is 39.7 Å². The van der Waals surface area contributed by atoms with Gasteiger partial charge in [-0.15, -0.1) is 0 Å². The molecule has 0 atom stereocenters. The molecule has 0 saturated heterocycles. The van der Waals surface area contributed by atoms with Crippen LogP contribution in [-0.4, -0.2) is 40.2 Å². The highest BCUT2D eigenvalue weighted by atomic mass is 79.9. The van der Waals surface area contributed by atoms with E-state index in [9.17, 15) is 4.79 Å². The van der Waals surface area contributed by atoms with E-state index >= 15 is 0 Å². The van der Waals surface area contributed by atoms with Crippen LogP contribution in [0.3, 0.4) is 0 Å². The molecule has 110 valence electrons. The van der Waals surface area contributed by atoms with Gasteiger partial charge in [0.25, 0.3) is 5.91 Å². The van der Waals surface area contributed by atoms with Crippen LogP contribution in [0.25, 0.3) is 0 Å². The summed E-state index contributed by atoms with van der Waals surface area (Å²) in [7, 11) is 1.60. The van der Waals surface area contributed by atoms with Crippen molar-refractivity contribution < 1.29 is 9.53 Å². The Morgan fingerprint density at radius 2 is 2.48 bits per heavy atom. The first-order valence-electron chi connectivity index (χ1n) is 5.82. The number of amides is 1. The third-order valence-corrected chi connectivity index (χ3v) is 3.81. The summed E-state index contributed by atoms with van der Waals surface area (Å²) in [6.07, 6.45) is 2.95.